The lowest BCUT2D eigenvalue weighted by Crippen LogP contribution is -2.45. The van der Waals surface area contributed by atoms with Gasteiger partial charge < -0.3 is 9.05 Å². The lowest BCUT2D eigenvalue weighted by Gasteiger charge is -2.32. The lowest BCUT2D eigenvalue weighted by atomic mass is 10.1. The Bertz CT molecular complexity index is 1230. The molecule has 1 aliphatic rings. The summed E-state index contributed by atoms with van der Waals surface area (Å²) in [6, 6.07) is 13.0. The van der Waals surface area contributed by atoms with Crippen molar-refractivity contribution in [3.63, 3.8) is 0 Å². The number of hydrogen-bond acceptors (Lipinski definition) is 8. The molecule has 0 unspecified atom stereocenters. The van der Waals surface area contributed by atoms with Crippen LogP contribution in [0.3, 0.4) is 0 Å². The minimum absolute atomic E-state index is 0.276. The third kappa shape index (κ3) is 4.99. The number of benzene rings is 2. The number of piperazine rings is 1. The fraction of sp³-hybridized carbons (Fsp3) is 0.333. The molecular weight excluding hydrogens is 423 g/mol. The molecule has 2 aromatic carbocycles. The molecule has 0 N–H and O–H groups in total. The van der Waals surface area contributed by atoms with E-state index in [-0.39, 0.29) is 5.82 Å². The number of nitrogens with zero attached hydrogens (tertiary/aromatic N) is 6. The zero-order valence-electron chi connectivity index (χ0n) is 18.7. The lowest BCUT2D eigenvalue weighted by molar-refractivity contribution is 0.103. The van der Waals surface area contributed by atoms with Gasteiger partial charge in [0.05, 0.1) is 13.1 Å². The molecule has 1 saturated heterocycles. The van der Waals surface area contributed by atoms with Crippen molar-refractivity contribution in [2.45, 2.75) is 26.9 Å². The quantitative estimate of drug-likeness (QED) is 0.440. The normalized spacial score (nSPS) is 15.2. The summed E-state index contributed by atoms with van der Waals surface area (Å²) >= 11 is 0. The molecule has 170 valence electrons. The van der Waals surface area contributed by atoms with Crippen molar-refractivity contribution >= 4 is 0 Å². The van der Waals surface area contributed by atoms with E-state index < -0.39 is 0 Å². The van der Waals surface area contributed by atoms with Crippen molar-refractivity contribution in [3.05, 3.63) is 71.2 Å². The maximum Gasteiger partial charge on any atom is 0.241 e. The highest BCUT2D eigenvalue weighted by Gasteiger charge is 2.21. The van der Waals surface area contributed by atoms with Gasteiger partial charge in [-0.15, -0.1) is 0 Å². The van der Waals surface area contributed by atoms with Crippen LogP contribution < -0.4 is 0 Å². The van der Waals surface area contributed by atoms with Gasteiger partial charge in [-0.1, -0.05) is 52.3 Å². The molecule has 5 rings (SSSR count). The highest BCUT2D eigenvalue weighted by molar-refractivity contribution is 5.55. The number of halogens is 1. The molecule has 0 atom stereocenters. The second-order valence-corrected chi connectivity index (χ2v) is 8.41. The summed E-state index contributed by atoms with van der Waals surface area (Å²) in [5.74, 6) is 1.89. The first-order valence-corrected chi connectivity index (χ1v) is 11.0. The molecule has 8 nitrogen and oxygen atoms in total. The molecule has 9 heteroatoms. The molecule has 0 saturated carbocycles. The molecule has 0 aliphatic carbocycles. The van der Waals surface area contributed by atoms with Crippen molar-refractivity contribution in [3.8, 4) is 22.8 Å². The summed E-state index contributed by atoms with van der Waals surface area (Å²) in [6.45, 7) is 8.41. The van der Waals surface area contributed by atoms with Crippen LogP contribution in [0.5, 0.6) is 0 Å². The average molecular weight is 449 g/mol. The van der Waals surface area contributed by atoms with Gasteiger partial charge in [0.2, 0.25) is 23.4 Å². The van der Waals surface area contributed by atoms with Gasteiger partial charge in [-0.2, -0.15) is 9.97 Å². The molecule has 4 aromatic rings. The SMILES string of the molecule is Cc1ccc(-c2noc(CN3CCN(Cc4nc(-c5ccc(C)c(F)c5)no4)CC3)n2)cc1. The van der Waals surface area contributed by atoms with Gasteiger partial charge in [-0.3, -0.25) is 9.80 Å². The molecule has 1 aliphatic heterocycles. The zero-order valence-corrected chi connectivity index (χ0v) is 18.7. The van der Waals surface area contributed by atoms with Crippen LogP contribution in [-0.4, -0.2) is 56.3 Å². The van der Waals surface area contributed by atoms with Crippen molar-refractivity contribution < 1.29 is 13.4 Å². The minimum Gasteiger partial charge on any atom is -0.338 e. The smallest absolute Gasteiger partial charge is 0.241 e. The Morgan fingerprint density at radius 1 is 0.758 bits per heavy atom. The molecule has 3 heterocycles. The molecule has 1 fully saturated rings. The Morgan fingerprint density at radius 3 is 1.82 bits per heavy atom. The van der Waals surface area contributed by atoms with E-state index in [0.717, 1.165) is 31.7 Å². The minimum atomic E-state index is -0.276. The van der Waals surface area contributed by atoms with E-state index in [1.165, 1.54) is 11.6 Å². The van der Waals surface area contributed by atoms with Gasteiger partial charge in [-0.25, -0.2) is 4.39 Å². The van der Waals surface area contributed by atoms with Crippen molar-refractivity contribution in [1.29, 1.82) is 0 Å². The number of aromatic nitrogens is 4. The van der Waals surface area contributed by atoms with Gasteiger partial charge in [0, 0.05) is 37.3 Å². The highest BCUT2D eigenvalue weighted by Crippen LogP contribution is 2.20. The molecule has 0 spiro atoms. The van der Waals surface area contributed by atoms with E-state index in [9.17, 15) is 4.39 Å². The monoisotopic (exact) mass is 448 g/mol. The Labute approximate surface area is 191 Å². The maximum atomic E-state index is 13.8. The first-order valence-electron chi connectivity index (χ1n) is 11.0. The van der Waals surface area contributed by atoms with Crippen LogP contribution in [0.25, 0.3) is 22.8 Å². The van der Waals surface area contributed by atoms with Gasteiger partial charge in [0.25, 0.3) is 0 Å². The van der Waals surface area contributed by atoms with E-state index in [4.69, 9.17) is 9.05 Å². The maximum absolute atomic E-state index is 13.8. The number of rotatable bonds is 6. The van der Waals surface area contributed by atoms with Crippen LogP contribution >= 0.6 is 0 Å². The predicted octanol–water partition coefficient (Wildman–Crippen LogP) is 3.86. The van der Waals surface area contributed by atoms with Crippen LogP contribution in [0.4, 0.5) is 4.39 Å². The average Bonchev–Trinajstić information content (AvgIpc) is 3.47. The topological polar surface area (TPSA) is 84.3 Å². The molecule has 0 amide bonds. The summed E-state index contributed by atoms with van der Waals surface area (Å²) in [5, 5.41) is 8.12. The Balaban J connectivity index is 1.13. The molecule has 0 bridgehead atoms. The van der Waals surface area contributed by atoms with E-state index in [2.05, 4.69) is 30.1 Å². The highest BCUT2D eigenvalue weighted by atomic mass is 19.1. The Hall–Kier alpha value is -3.43. The van der Waals surface area contributed by atoms with E-state index in [1.807, 2.05) is 31.2 Å². The fourth-order valence-corrected chi connectivity index (χ4v) is 3.80. The Morgan fingerprint density at radius 2 is 1.27 bits per heavy atom. The van der Waals surface area contributed by atoms with Gasteiger partial charge >= 0.3 is 0 Å². The number of aryl methyl sites for hydroxylation is 2. The molecular formula is C24H25FN6O2. The first-order chi connectivity index (χ1) is 16.0. The third-order valence-electron chi connectivity index (χ3n) is 5.86. The van der Waals surface area contributed by atoms with Crippen LogP contribution in [0.1, 0.15) is 22.9 Å². The van der Waals surface area contributed by atoms with E-state index >= 15 is 0 Å². The standard InChI is InChI=1S/C24H25FN6O2/c1-16-3-6-18(7-4-16)23-26-21(32-28-23)14-30-9-11-31(12-10-30)15-22-27-24(29-33-22)19-8-5-17(2)20(25)13-19/h3-8,13H,9-12,14-15H2,1-2H3. The van der Waals surface area contributed by atoms with Crippen molar-refractivity contribution in [2.75, 3.05) is 26.2 Å². The van der Waals surface area contributed by atoms with Crippen LogP contribution in [0.2, 0.25) is 0 Å². The second kappa shape index (κ2) is 9.21. The molecule has 2 aromatic heterocycles. The Kier molecular flexibility index (Phi) is 5.97. The third-order valence-corrected chi connectivity index (χ3v) is 5.86. The van der Waals surface area contributed by atoms with Crippen LogP contribution in [-0.2, 0) is 13.1 Å². The largest absolute Gasteiger partial charge is 0.338 e. The summed E-state index contributed by atoms with van der Waals surface area (Å²) in [5.41, 5.74) is 3.35. The second-order valence-electron chi connectivity index (χ2n) is 8.41. The van der Waals surface area contributed by atoms with E-state index in [0.29, 0.717) is 47.6 Å². The summed E-state index contributed by atoms with van der Waals surface area (Å²) in [6.07, 6.45) is 0. The summed E-state index contributed by atoms with van der Waals surface area (Å²) < 4.78 is 24.7. The first kappa shape index (κ1) is 21.4. The van der Waals surface area contributed by atoms with E-state index in [1.54, 1.807) is 19.1 Å². The number of hydrogen-bond donors (Lipinski definition) is 0. The summed E-state index contributed by atoms with van der Waals surface area (Å²) in [4.78, 5) is 13.5. The molecule has 0 radical (unpaired) electrons. The predicted molar refractivity (Wildman–Crippen MR) is 119 cm³/mol. The molecule has 33 heavy (non-hydrogen) atoms. The van der Waals surface area contributed by atoms with Gasteiger partial charge in [0.1, 0.15) is 5.82 Å². The van der Waals surface area contributed by atoms with Crippen molar-refractivity contribution in [1.82, 2.24) is 30.1 Å². The summed E-state index contributed by atoms with van der Waals surface area (Å²) in [7, 11) is 0. The van der Waals surface area contributed by atoms with Gasteiger partial charge in [-0.05, 0) is 25.5 Å². The van der Waals surface area contributed by atoms with Gasteiger partial charge in [0.15, 0.2) is 0 Å². The fourth-order valence-electron chi connectivity index (χ4n) is 3.80. The van der Waals surface area contributed by atoms with Crippen LogP contribution in [0.15, 0.2) is 51.5 Å². The van der Waals surface area contributed by atoms with Crippen molar-refractivity contribution in [2.24, 2.45) is 0 Å². The zero-order chi connectivity index (χ0) is 22.8. The van der Waals surface area contributed by atoms with Crippen LogP contribution in [0, 0.1) is 19.7 Å².